The van der Waals surface area contributed by atoms with E-state index in [2.05, 4.69) is 6.58 Å². The molecule has 0 aliphatic carbocycles. The second kappa shape index (κ2) is 9.07. The molecular formula is C19H24O3P2S. The van der Waals surface area contributed by atoms with E-state index in [0.29, 0.717) is 13.2 Å². The molecule has 2 aromatic carbocycles. The molecule has 0 N–H and O–H groups in total. The molecule has 6 heteroatoms. The predicted molar refractivity (Wildman–Crippen MR) is 111 cm³/mol. The molecule has 0 bridgehead atoms. The minimum atomic E-state index is -3.25. The Balaban J connectivity index is 2.48. The largest absolute Gasteiger partial charge is 0.335 e. The smallest absolute Gasteiger partial charge is 0.309 e. The molecule has 2 rings (SSSR count). The van der Waals surface area contributed by atoms with Crippen LogP contribution >= 0.6 is 13.6 Å². The highest BCUT2D eigenvalue weighted by Crippen LogP contribution is 2.59. The van der Waals surface area contributed by atoms with Crippen LogP contribution in [0.15, 0.2) is 72.6 Å². The maximum Gasteiger partial charge on any atom is 0.335 e. The van der Waals surface area contributed by atoms with Crippen molar-refractivity contribution >= 4 is 36.0 Å². The number of allylic oxidation sites excluding steroid dienone is 1. The van der Waals surface area contributed by atoms with Gasteiger partial charge in [0.15, 0.2) is 0 Å². The van der Waals surface area contributed by atoms with E-state index in [9.17, 15) is 4.57 Å². The Kier molecular flexibility index (Phi) is 7.37. The van der Waals surface area contributed by atoms with Crippen molar-refractivity contribution in [2.75, 3.05) is 19.4 Å². The minimum Gasteiger partial charge on any atom is -0.309 e. The monoisotopic (exact) mass is 394 g/mol. The molecule has 0 spiro atoms. The molecule has 0 atom stereocenters. The van der Waals surface area contributed by atoms with Crippen LogP contribution in [0.1, 0.15) is 13.8 Å². The lowest BCUT2D eigenvalue weighted by atomic mass is 10.4. The van der Waals surface area contributed by atoms with E-state index in [1.807, 2.05) is 60.7 Å². The molecule has 0 aromatic heterocycles. The summed E-state index contributed by atoms with van der Waals surface area (Å²) >= 11 is 6.17. The van der Waals surface area contributed by atoms with Crippen molar-refractivity contribution in [3.05, 3.63) is 72.6 Å². The lowest BCUT2D eigenvalue weighted by Gasteiger charge is -2.28. The molecule has 2 aromatic rings. The van der Waals surface area contributed by atoms with Crippen LogP contribution in [0, 0.1) is 0 Å². The Labute approximate surface area is 155 Å². The Bertz CT molecular complexity index is 737. The van der Waals surface area contributed by atoms with E-state index >= 15 is 0 Å². The average molecular weight is 394 g/mol. The van der Waals surface area contributed by atoms with Gasteiger partial charge in [-0.1, -0.05) is 79.0 Å². The van der Waals surface area contributed by atoms with E-state index < -0.39 is 13.6 Å². The highest BCUT2D eigenvalue weighted by Gasteiger charge is 2.33. The van der Waals surface area contributed by atoms with Gasteiger partial charge in [-0.3, -0.25) is 4.57 Å². The van der Waals surface area contributed by atoms with Gasteiger partial charge in [0.05, 0.1) is 19.4 Å². The summed E-state index contributed by atoms with van der Waals surface area (Å²) in [4.78, 5) is 0. The van der Waals surface area contributed by atoms with E-state index in [4.69, 9.17) is 20.9 Å². The molecule has 0 fully saturated rings. The summed E-state index contributed by atoms with van der Waals surface area (Å²) in [7, 11) is -3.25. The topological polar surface area (TPSA) is 35.5 Å². The summed E-state index contributed by atoms with van der Waals surface area (Å²) in [6.07, 6.45) is 0.135. The summed E-state index contributed by atoms with van der Waals surface area (Å²) < 4.78 is 23.9. The van der Waals surface area contributed by atoms with Gasteiger partial charge in [0.2, 0.25) is 0 Å². The van der Waals surface area contributed by atoms with Crippen LogP contribution in [0.2, 0.25) is 0 Å². The summed E-state index contributed by atoms with van der Waals surface area (Å²) in [5.74, 6) is 0. The van der Waals surface area contributed by atoms with Crippen LogP contribution in [-0.2, 0) is 25.4 Å². The molecule has 0 unspecified atom stereocenters. The maximum atomic E-state index is 13.0. The van der Waals surface area contributed by atoms with E-state index in [-0.39, 0.29) is 6.16 Å². The van der Waals surface area contributed by atoms with Gasteiger partial charge in [-0.15, -0.1) is 0 Å². The second-order valence-corrected chi connectivity index (χ2v) is 12.0. The molecular weight excluding hydrogens is 370 g/mol. The Morgan fingerprint density at radius 2 is 1.32 bits per heavy atom. The molecule has 0 heterocycles. The van der Waals surface area contributed by atoms with Gasteiger partial charge >= 0.3 is 7.60 Å². The first-order valence-corrected chi connectivity index (χ1v) is 12.8. The third-order valence-electron chi connectivity index (χ3n) is 3.71. The molecule has 0 aliphatic heterocycles. The second-order valence-electron chi connectivity index (χ2n) is 5.45. The summed E-state index contributed by atoms with van der Waals surface area (Å²) in [5, 5.41) is 2.80. The first kappa shape index (κ1) is 20.3. The van der Waals surface area contributed by atoms with E-state index in [1.165, 1.54) is 0 Å². The number of benzene rings is 2. The van der Waals surface area contributed by atoms with Gasteiger partial charge in [-0.2, -0.15) is 0 Å². The molecule has 0 saturated heterocycles. The van der Waals surface area contributed by atoms with Gasteiger partial charge in [0.1, 0.15) is 0 Å². The summed E-state index contributed by atoms with van der Waals surface area (Å²) in [5.41, 5.74) is 0. The van der Waals surface area contributed by atoms with Crippen LogP contribution in [0.3, 0.4) is 0 Å². The molecule has 3 nitrogen and oxygen atoms in total. The van der Waals surface area contributed by atoms with Crippen LogP contribution in [0.25, 0.3) is 0 Å². The number of hydrogen-bond donors (Lipinski definition) is 0. The van der Waals surface area contributed by atoms with Crippen LogP contribution < -0.4 is 10.6 Å². The highest BCUT2D eigenvalue weighted by molar-refractivity contribution is 8.24. The van der Waals surface area contributed by atoms with Crippen LogP contribution in [0.4, 0.5) is 0 Å². The van der Waals surface area contributed by atoms with Crippen molar-refractivity contribution in [2.45, 2.75) is 13.8 Å². The fraction of sp³-hybridized carbons (Fsp3) is 0.263. The molecule has 25 heavy (non-hydrogen) atoms. The molecule has 0 amide bonds. The van der Waals surface area contributed by atoms with Crippen molar-refractivity contribution < 1.29 is 13.6 Å². The summed E-state index contributed by atoms with van der Waals surface area (Å²) in [6, 6.07) is 17.5. The van der Waals surface area contributed by atoms with Crippen molar-refractivity contribution in [3.8, 4) is 0 Å². The summed E-state index contributed by atoms with van der Waals surface area (Å²) in [6.45, 7) is 8.50. The number of rotatable bonds is 9. The molecule has 0 aliphatic rings. The Hall–Kier alpha value is -1.02. The third-order valence-corrected chi connectivity index (χ3v) is 11.2. The predicted octanol–water partition coefficient (Wildman–Crippen LogP) is 4.90. The first-order valence-electron chi connectivity index (χ1n) is 8.24. The quantitative estimate of drug-likeness (QED) is 0.567. The zero-order valence-electron chi connectivity index (χ0n) is 14.6. The van der Waals surface area contributed by atoms with Crippen molar-refractivity contribution in [2.24, 2.45) is 0 Å². The molecule has 134 valence electrons. The third kappa shape index (κ3) is 4.78. The first-order chi connectivity index (χ1) is 12.0. The van der Waals surface area contributed by atoms with Gasteiger partial charge in [-0.25, -0.2) is 0 Å². The minimum absolute atomic E-state index is 0.135. The highest BCUT2D eigenvalue weighted by atomic mass is 32.4. The lowest BCUT2D eigenvalue weighted by Crippen LogP contribution is -2.18. The van der Waals surface area contributed by atoms with E-state index in [1.54, 1.807) is 13.8 Å². The van der Waals surface area contributed by atoms with Gasteiger partial charge < -0.3 is 9.05 Å². The van der Waals surface area contributed by atoms with E-state index in [0.717, 1.165) is 15.9 Å². The van der Waals surface area contributed by atoms with Crippen LogP contribution in [0.5, 0.6) is 0 Å². The zero-order valence-corrected chi connectivity index (χ0v) is 17.2. The number of hydrogen-bond acceptors (Lipinski definition) is 4. The SMILES string of the molecule is C=C(CP(=O)(OCC)OCC)P(=S)(c1ccccc1)c1ccccc1. The Morgan fingerprint density at radius 3 is 1.68 bits per heavy atom. The van der Waals surface area contributed by atoms with Gasteiger partial charge in [-0.05, 0) is 29.8 Å². The standard InChI is InChI=1S/C19H24O3P2S/c1-4-21-23(20,22-5-2)16-17(3)24(25,18-12-8-6-9-13-18)19-14-10-7-11-15-19/h6-15H,3-5,16H2,1-2H3. The lowest BCUT2D eigenvalue weighted by molar-refractivity contribution is 0.222. The van der Waals surface area contributed by atoms with Crippen molar-refractivity contribution in [1.82, 2.24) is 0 Å². The Morgan fingerprint density at radius 1 is 0.920 bits per heavy atom. The molecule has 0 saturated carbocycles. The fourth-order valence-electron chi connectivity index (χ4n) is 2.64. The average Bonchev–Trinajstić information content (AvgIpc) is 2.62. The van der Waals surface area contributed by atoms with Gasteiger partial charge in [0.25, 0.3) is 0 Å². The molecule has 0 radical (unpaired) electrons. The van der Waals surface area contributed by atoms with Crippen LogP contribution in [-0.4, -0.2) is 19.4 Å². The van der Waals surface area contributed by atoms with Gasteiger partial charge in [0, 0.05) is 6.04 Å². The van der Waals surface area contributed by atoms with Crippen molar-refractivity contribution in [3.63, 3.8) is 0 Å². The zero-order chi connectivity index (χ0) is 18.3. The maximum absolute atomic E-state index is 13.0. The fourth-order valence-corrected chi connectivity index (χ4v) is 8.90. The normalized spacial score (nSPS) is 12.1. The van der Waals surface area contributed by atoms with Crippen molar-refractivity contribution in [1.29, 1.82) is 0 Å².